The van der Waals surface area contributed by atoms with Gasteiger partial charge in [0.2, 0.25) is 17.7 Å². The van der Waals surface area contributed by atoms with E-state index in [1.54, 1.807) is 6.21 Å². The second-order valence-corrected chi connectivity index (χ2v) is 11.8. The van der Waals surface area contributed by atoms with E-state index in [1.165, 1.54) is 4.90 Å². The molecule has 1 heterocycles. The van der Waals surface area contributed by atoms with Gasteiger partial charge in [-0.15, -0.1) is 0 Å². The minimum Gasteiger partial charge on any atom is -0.274 e. The van der Waals surface area contributed by atoms with Crippen molar-refractivity contribution in [2.75, 3.05) is 4.90 Å². The Morgan fingerprint density at radius 2 is 1.39 bits per heavy atom. The van der Waals surface area contributed by atoms with Crippen molar-refractivity contribution in [3.05, 3.63) is 149 Å². The van der Waals surface area contributed by atoms with Crippen LogP contribution in [0.2, 0.25) is 0 Å². The van der Waals surface area contributed by atoms with Crippen LogP contribution in [0.1, 0.15) is 40.2 Å². The van der Waals surface area contributed by atoms with Crippen molar-refractivity contribution in [2.24, 2.45) is 16.9 Å². The summed E-state index contributed by atoms with van der Waals surface area (Å²) in [6.45, 7) is 0. The molecule has 6 heteroatoms. The molecule has 0 spiro atoms. The molecule has 1 aliphatic heterocycles. The number of hydrazone groups is 1. The number of hydrogen-bond acceptors (Lipinski definition) is 4. The molecule has 3 aliphatic carbocycles. The second kappa shape index (κ2) is 10.1. The molecule has 214 valence electrons. The van der Waals surface area contributed by atoms with Crippen molar-refractivity contribution >= 4 is 40.4 Å². The van der Waals surface area contributed by atoms with Gasteiger partial charge in [0.05, 0.1) is 22.9 Å². The molecule has 9 rings (SSSR count). The molecule has 6 nitrogen and oxygen atoms in total. The number of hydrogen-bond donors (Lipinski definition) is 1. The number of imide groups is 1. The Balaban J connectivity index is 1.24. The van der Waals surface area contributed by atoms with E-state index in [4.69, 9.17) is 0 Å². The average molecular weight is 576 g/mol. The highest BCUT2D eigenvalue weighted by Crippen LogP contribution is 2.63. The summed E-state index contributed by atoms with van der Waals surface area (Å²) in [6.07, 6.45) is 2.59. The van der Waals surface area contributed by atoms with E-state index in [0.717, 1.165) is 38.6 Å². The van der Waals surface area contributed by atoms with E-state index in [1.807, 2.05) is 109 Å². The Morgan fingerprint density at radius 3 is 2.14 bits per heavy atom. The Morgan fingerprint density at radius 1 is 0.750 bits per heavy atom. The summed E-state index contributed by atoms with van der Waals surface area (Å²) in [4.78, 5) is 43.6. The third-order valence-electron chi connectivity index (χ3n) is 9.63. The van der Waals surface area contributed by atoms with Crippen molar-refractivity contribution in [1.29, 1.82) is 0 Å². The summed E-state index contributed by atoms with van der Waals surface area (Å²) in [7, 11) is 0. The molecule has 0 saturated carbocycles. The quantitative estimate of drug-likeness (QED) is 0.150. The summed E-state index contributed by atoms with van der Waals surface area (Å²) in [6, 6.07) is 39.5. The largest absolute Gasteiger partial charge is 0.274 e. The first-order valence-corrected chi connectivity index (χ1v) is 15.0. The zero-order valence-corrected chi connectivity index (χ0v) is 23.9. The molecule has 2 bridgehead atoms. The van der Waals surface area contributed by atoms with Crippen molar-refractivity contribution in [1.82, 2.24) is 5.43 Å². The molecule has 1 fully saturated rings. The molecule has 5 aromatic carbocycles. The van der Waals surface area contributed by atoms with Crippen LogP contribution in [0.25, 0.3) is 10.8 Å². The third kappa shape index (κ3) is 3.73. The fourth-order valence-electron chi connectivity index (χ4n) is 7.86. The van der Waals surface area contributed by atoms with Gasteiger partial charge in [-0.3, -0.25) is 14.4 Å². The number of anilines is 1. The number of carbonyl (C=O) groups excluding carboxylic acids is 3. The van der Waals surface area contributed by atoms with E-state index in [-0.39, 0.29) is 30.1 Å². The van der Waals surface area contributed by atoms with E-state index in [0.29, 0.717) is 12.1 Å². The van der Waals surface area contributed by atoms with Gasteiger partial charge in [0, 0.05) is 23.9 Å². The molecule has 1 saturated heterocycles. The van der Waals surface area contributed by atoms with Crippen molar-refractivity contribution in [2.45, 2.75) is 24.2 Å². The van der Waals surface area contributed by atoms with Crippen LogP contribution < -0.4 is 10.3 Å². The number of amides is 3. The van der Waals surface area contributed by atoms with Crippen LogP contribution in [-0.2, 0) is 26.2 Å². The maximum atomic E-state index is 14.7. The Kier molecular flexibility index (Phi) is 6.05. The second-order valence-electron chi connectivity index (χ2n) is 11.8. The monoisotopic (exact) mass is 575 g/mol. The molecular formula is C38H29N3O3. The summed E-state index contributed by atoms with van der Waals surface area (Å²) >= 11 is 0. The lowest BCUT2D eigenvalue weighted by molar-refractivity contribution is -0.123. The molecule has 5 aromatic rings. The summed E-state index contributed by atoms with van der Waals surface area (Å²) in [5, 5.41) is 6.35. The molecular weight excluding hydrogens is 546 g/mol. The number of rotatable bonds is 6. The maximum absolute atomic E-state index is 14.7. The zero-order chi connectivity index (χ0) is 29.8. The van der Waals surface area contributed by atoms with Gasteiger partial charge in [0.1, 0.15) is 0 Å². The lowest BCUT2D eigenvalue weighted by atomic mass is 9.47. The number of nitrogens with zero attached hydrogens (tertiary/aromatic N) is 2. The maximum Gasteiger partial charge on any atom is 0.240 e. The van der Waals surface area contributed by atoms with Crippen LogP contribution in [0.4, 0.5) is 5.69 Å². The van der Waals surface area contributed by atoms with Crippen LogP contribution in [0, 0.1) is 11.8 Å². The smallest absolute Gasteiger partial charge is 0.240 e. The lowest BCUT2D eigenvalue weighted by Gasteiger charge is -2.52. The highest BCUT2D eigenvalue weighted by Gasteiger charge is 2.68. The normalized spacial score (nSPS) is 23.1. The number of nitrogens with one attached hydrogen (secondary N) is 1. The summed E-state index contributed by atoms with van der Waals surface area (Å²) in [5.41, 5.74) is 7.32. The van der Waals surface area contributed by atoms with Gasteiger partial charge in [0.15, 0.2) is 0 Å². The first kappa shape index (κ1) is 26.3. The first-order valence-electron chi connectivity index (χ1n) is 15.0. The van der Waals surface area contributed by atoms with Crippen molar-refractivity contribution < 1.29 is 14.4 Å². The standard InChI is InChI=1S/C38H29N3O3/c42-32(22-21-24-11-2-1-3-12-24)40-39-23-38-29-18-8-6-16-27(29)33(28-17-7-9-19-30(28)38)34-35(38)37(44)41(36(34)43)31-20-10-14-25-13-4-5-15-26(25)31/h1-20,23,33-35H,21-22H2,(H,40,42)/b39-23-/t33?,34-,35-,38?/m0/s1. The predicted molar refractivity (Wildman–Crippen MR) is 170 cm³/mol. The fraction of sp³-hybridized carbons (Fsp3) is 0.158. The van der Waals surface area contributed by atoms with Gasteiger partial charge in [-0.1, -0.05) is 115 Å². The molecule has 2 atom stereocenters. The first-order chi connectivity index (χ1) is 21.6. The Labute approximate surface area is 255 Å². The van der Waals surface area contributed by atoms with Gasteiger partial charge >= 0.3 is 0 Å². The SMILES string of the molecule is O=C(CCc1ccccc1)N/N=C\C12c3ccccc3C(c3ccccc31)[C@@H]1C(=O)N(c3cccc4ccccc34)C(=O)[C@H]12. The molecule has 44 heavy (non-hydrogen) atoms. The Hall–Kier alpha value is -5.36. The van der Waals surface area contributed by atoms with Crippen LogP contribution in [0.5, 0.6) is 0 Å². The number of carbonyl (C=O) groups is 3. The van der Waals surface area contributed by atoms with Gasteiger partial charge < -0.3 is 0 Å². The van der Waals surface area contributed by atoms with Crippen molar-refractivity contribution in [3.8, 4) is 0 Å². The predicted octanol–water partition coefficient (Wildman–Crippen LogP) is 6.13. The molecule has 3 amide bonds. The van der Waals surface area contributed by atoms with Crippen LogP contribution in [0.3, 0.4) is 0 Å². The topological polar surface area (TPSA) is 78.8 Å². The van der Waals surface area contributed by atoms with E-state index < -0.39 is 17.3 Å². The number of benzene rings is 5. The molecule has 4 aliphatic rings. The van der Waals surface area contributed by atoms with E-state index >= 15 is 0 Å². The van der Waals surface area contributed by atoms with Crippen LogP contribution in [0.15, 0.2) is 126 Å². The van der Waals surface area contributed by atoms with Crippen LogP contribution >= 0.6 is 0 Å². The highest BCUT2D eigenvalue weighted by atomic mass is 16.2. The van der Waals surface area contributed by atoms with Crippen molar-refractivity contribution in [3.63, 3.8) is 0 Å². The minimum atomic E-state index is -1.04. The molecule has 0 unspecified atom stereocenters. The van der Waals surface area contributed by atoms with Crippen LogP contribution in [-0.4, -0.2) is 23.9 Å². The Bertz CT molecular complexity index is 1950. The highest BCUT2D eigenvalue weighted by molar-refractivity contribution is 6.27. The van der Waals surface area contributed by atoms with E-state index in [2.05, 4.69) is 22.7 Å². The minimum absolute atomic E-state index is 0.199. The average Bonchev–Trinajstić information content (AvgIpc) is 3.34. The van der Waals surface area contributed by atoms with Gasteiger partial charge in [-0.2, -0.15) is 5.10 Å². The van der Waals surface area contributed by atoms with Gasteiger partial charge in [-0.05, 0) is 45.7 Å². The van der Waals surface area contributed by atoms with E-state index in [9.17, 15) is 14.4 Å². The summed E-state index contributed by atoms with van der Waals surface area (Å²) < 4.78 is 0. The lowest BCUT2D eigenvalue weighted by Crippen LogP contribution is -2.54. The zero-order valence-electron chi connectivity index (χ0n) is 23.9. The fourth-order valence-corrected chi connectivity index (χ4v) is 7.86. The summed E-state index contributed by atoms with van der Waals surface area (Å²) in [5.74, 6) is -2.24. The number of fused-ring (bicyclic) bond motifs is 1. The molecule has 1 N–H and O–H groups in total. The molecule has 0 aromatic heterocycles. The van der Waals surface area contributed by atoms with Gasteiger partial charge in [-0.25, -0.2) is 10.3 Å². The molecule has 0 radical (unpaired) electrons. The van der Waals surface area contributed by atoms with Gasteiger partial charge in [0.25, 0.3) is 0 Å². The number of aryl methyl sites for hydroxylation is 1. The third-order valence-corrected chi connectivity index (χ3v) is 9.63.